The Labute approximate surface area is 107 Å². The average molecular weight is 257 g/mol. The van der Waals surface area contributed by atoms with Crippen LogP contribution in [-0.4, -0.2) is 25.5 Å². The minimum atomic E-state index is -0.156. The highest BCUT2D eigenvalue weighted by molar-refractivity contribution is 7.99. The molecule has 0 radical (unpaired) electrons. The Morgan fingerprint density at radius 1 is 1.47 bits per heavy atom. The van der Waals surface area contributed by atoms with Crippen LogP contribution in [0.25, 0.3) is 0 Å². The first-order valence-corrected chi connectivity index (χ1v) is 6.82. The normalized spacial score (nSPS) is 12.7. The van der Waals surface area contributed by atoms with Crippen LogP contribution in [0.5, 0.6) is 0 Å². The largest absolute Gasteiger partial charge is 0.384 e. The van der Waals surface area contributed by atoms with Gasteiger partial charge in [0.25, 0.3) is 0 Å². The van der Waals surface area contributed by atoms with Crippen LogP contribution in [0, 0.1) is 5.82 Å². The second-order valence-corrected chi connectivity index (χ2v) is 5.07. The van der Waals surface area contributed by atoms with Crippen molar-refractivity contribution < 1.29 is 9.13 Å². The number of rotatable bonds is 7. The van der Waals surface area contributed by atoms with E-state index in [1.54, 1.807) is 24.9 Å². The number of methoxy groups -OCH3 is 1. The molecule has 96 valence electrons. The Balaban J connectivity index is 2.76. The van der Waals surface area contributed by atoms with Crippen molar-refractivity contribution in [1.29, 1.82) is 0 Å². The lowest BCUT2D eigenvalue weighted by Gasteiger charge is -2.13. The summed E-state index contributed by atoms with van der Waals surface area (Å²) in [6.07, 6.45) is 1.45. The molecular formula is C13H20FNOS. The van der Waals surface area contributed by atoms with E-state index in [9.17, 15) is 4.39 Å². The number of nitrogens with two attached hydrogens (primary N) is 1. The Morgan fingerprint density at radius 2 is 2.24 bits per heavy atom. The molecule has 4 heteroatoms. The summed E-state index contributed by atoms with van der Waals surface area (Å²) in [5.41, 5.74) is 6.64. The van der Waals surface area contributed by atoms with Gasteiger partial charge in [0, 0.05) is 29.4 Å². The zero-order chi connectivity index (χ0) is 12.7. The fraction of sp³-hybridized carbons (Fsp3) is 0.538. The van der Waals surface area contributed by atoms with E-state index in [-0.39, 0.29) is 11.9 Å². The zero-order valence-corrected chi connectivity index (χ0v) is 11.2. The van der Waals surface area contributed by atoms with E-state index in [4.69, 9.17) is 10.5 Å². The Hall–Kier alpha value is -0.580. The number of halogens is 1. The van der Waals surface area contributed by atoms with Gasteiger partial charge in [-0.25, -0.2) is 4.39 Å². The molecule has 0 amide bonds. The predicted molar refractivity (Wildman–Crippen MR) is 71.0 cm³/mol. The second-order valence-electron chi connectivity index (χ2n) is 3.93. The second kappa shape index (κ2) is 7.69. The highest BCUT2D eigenvalue weighted by atomic mass is 32.2. The van der Waals surface area contributed by atoms with Crippen molar-refractivity contribution >= 4 is 11.8 Å². The molecule has 2 nitrogen and oxygen atoms in total. The van der Waals surface area contributed by atoms with E-state index < -0.39 is 0 Å². The molecule has 2 N–H and O–H groups in total. The van der Waals surface area contributed by atoms with Crippen LogP contribution in [-0.2, 0) is 11.2 Å². The van der Waals surface area contributed by atoms with Crippen molar-refractivity contribution in [3.63, 3.8) is 0 Å². The molecule has 17 heavy (non-hydrogen) atoms. The SMILES string of the molecule is CCC(N)Cc1c(F)cccc1SCCOC. The summed E-state index contributed by atoms with van der Waals surface area (Å²) >= 11 is 1.62. The van der Waals surface area contributed by atoms with Crippen molar-refractivity contribution in [2.24, 2.45) is 5.73 Å². The molecule has 1 aromatic carbocycles. The van der Waals surface area contributed by atoms with Crippen LogP contribution in [0.2, 0.25) is 0 Å². The molecule has 1 rings (SSSR count). The summed E-state index contributed by atoms with van der Waals surface area (Å²) in [5.74, 6) is 0.672. The van der Waals surface area contributed by atoms with E-state index in [0.29, 0.717) is 13.0 Å². The van der Waals surface area contributed by atoms with Gasteiger partial charge < -0.3 is 10.5 Å². The molecule has 0 aliphatic carbocycles. The summed E-state index contributed by atoms with van der Waals surface area (Å²) in [4.78, 5) is 0.978. The quantitative estimate of drug-likeness (QED) is 0.602. The average Bonchev–Trinajstić information content (AvgIpc) is 2.33. The Morgan fingerprint density at radius 3 is 2.88 bits per heavy atom. The molecule has 1 atom stereocenters. The summed E-state index contributed by atoms with van der Waals surface area (Å²) in [5, 5.41) is 0. The molecule has 0 aliphatic heterocycles. The maximum atomic E-state index is 13.8. The van der Waals surface area contributed by atoms with Crippen molar-refractivity contribution in [2.75, 3.05) is 19.5 Å². The smallest absolute Gasteiger partial charge is 0.127 e. The maximum absolute atomic E-state index is 13.8. The van der Waals surface area contributed by atoms with Crippen molar-refractivity contribution in [3.05, 3.63) is 29.6 Å². The van der Waals surface area contributed by atoms with E-state index in [1.165, 1.54) is 6.07 Å². The molecule has 0 spiro atoms. The van der Waals surface area contributed by atoms with Crippen LogP contribution in [0.1, 0.15) is 18.9 Å². The van der Waals surface area contributed by atoms with Gasteiger partial charge in [0.1, 0.15) is 5.82 Å². The molecule has 0 aliphatic rings. The van der Waals surface area contributed by atoms with Crippen molar-refractivity contribution in [3.8, 4) is 0 Å². The van der Waals surface area contributed by atoms with Gasteiger partial charge in [0.15, 0.2) is 0 Å². The molecule has 0 heterocycles. The topological polar surface area (TPSA) is 35.2 Å². The molecule has 0 saturated heterocycles. The molecule has 0 saturated carbocycles. The molecule has 0 fully saturated rings. The fourth-order valence-electron chi connectivity index (χ4n) is 1.51. The maximum Gasteiger partial charge on any atom is 0.127 e. The van der Waals surface area contributed by atoms with E-state index in [0.717, 1.165) is 22.6 Å². The molecule has 0 aromatic heterocycles. The van der Waals surface area contributed by atoms with Gasteiger partial charge in [-0.3, -0.25) is 0 Å². The van der Waals surface area contributed by atoms with Gasteiger partial charge >= 0.3 is 0 Å². The van der Waals surface area contributed by atoms with Crippen LogP contribution in [0.15, 0.2) is 23.1 Å². The highest BCUT2D eigenvalue weighted by Crippen LogP contribution is 2.26. The van der Waals surface area contributed by atoms with Crippen LogP contribution in [0.4, 0.5) is 4.39 Å². The number of hydrogen-bond acceptors (Lipinski definition) is 3. The number of ether oxygens (including phenoxy) is 1. The van der Waals surface area contributed by atoms with Gasteiger partial charge in [-0.2, -0.15) is 0 Å². The standard InChI is InChI=1S/C13H20FNOS/c1-3-10(15)9-11-12(14)5-4-6-13(11)17-8-7-16-2/h4-6,10H,3,7-9,15H2,1-2H3. The minimum absolute atomic E-state index is 0.0219. The van der Waals surface area contributed by atoms with Gasteiger partial charge in [-0.1, -0.05) is 13.0 Å². The van der Waals surface area contributed by atoms with Crippen LogP contribution >= 0.6 is 11.8 Å². The third-order valence-corrected chi connectivity index (χ3v) is 3.68. The molecule has 1 aromatic rings. The Kier molecular flexibility index (Phi) is 6.55. The lowest BCUT2D eigenvalue weighted by molar-refractivity contribution is 0.218. The van der Waals surface area contributed by atoms with E-state index in [2.05, 4.69) is 0 Å². The predicted octanol–water partition coefficient (Wildman–Crippen LogP) is 2.84. The van der Waals surface area contributed by atoms with Crippen LogP contribution < -0.4 is 5.73 Å². The summed E-state index contributed by atoms with van der Waals surface area (Å²) in [6, 6.07) is 5.21. The first kappa shape index (κ1) is 14.5. The number of hydrogen-bond donors (Lipinski definition) is 1. The van der Waals surface area contributed by atoms with Crippen LogP contribution in [0.3, 0.4) is 0 Å². The summed E-state index contributed by atoms with van der Waals surface area (Å²) < 4.78 is 18.8. The minimum Gasteiger partial charge on any atom is -0.384 e. The molecule has 1 unspecified atom stereocenters. The lowest BCUT2D eigenvalue weighted by Crippen LogP contribution is -2.22. The van der Waals surface area contributed by atoms with E-state index >= 15 is 0 Å². The summed E-state index contributed by atoms with van der Waals surface area (Å²) in [7, 11) is 1.67. The summed E-state index contributed by atoms with van der Waals surface area (Å²) in [6.45, 7) is 2.68. The van der Waals surface area contributed by atoms with E-state index in [1.807, 2.05) is 13.0 Å². The van der Waals surface area contributed by atoms with Gasteiger partial charge in [0.2, 0.25) is 0 Å². The monoisotopic (exact) mass is 257 g/mol. The van der Waals surface area contributed by atoms with Crippen molar-refractivity contribution in [1.82, 2.24) is 0 Å². The first-order chi connectivity index (χ1) is 8.19. The molecule has 0 bridgehead atoms. The third kappa shape index (κ3) is 4.66. The Bertz CT molecular complexity index is 346. The van der Waals surface area contributed by atoms with Gasteiger partial charge in [0.05, 0.1) is 6.61 Å². The lowest BCUT2D eigenvalue weighted by atomic mass is 10.0. The number of benzene rings is 1. The third-order valence-electron chi connectivity index (χ3n) is 2.61. The van der Waals surface area contributed by atoms with Gasteiger partial charge in [-0.05, 0) is 25.0 Å². The fourth-order valence-corrected chi connectivity index (χ4v) is 2.51. The van der Waals surface area contributed by atoms with Gasteiger partial charge in [-0.15, -0.1) is 11.8 Å². The first-order valence-electron chi connectivity index (χ1n) is 5.83. The van der Waals surface area contributed by atoms with Crippen molar-refractivity contribution in [2.45, 2.75) is 30.7 Å². The molecular weight excluding hydrogens is 237 g/mol. The zero-order valence-electron chi connectivity index (χ0n) is 10.4. The number of thioether (sulfide) groups is 1. The highest BCUT2D eigenvalue weighted by Gasteiger charge is 2.11.